The van der Waals surface area contributed by atoms with Gasteiger partial charge in [0.05, 0.1) is 12.5 Å². The van der Waals surface area contributed by atoms with Crippen molar-refractivity contribution in [2.24, 2.45) is 39.9 Å². The Balaban J connectivity index is 1.36. The molecule has 0 aromatic carbocycles. The van der Waals surface area contributed by atoms with Gasteiger partial charge in [-0.3, -0.25) is 4.79 Å². The van der Waals surface area contributed by atoms with Crippen molar-refractivity contribution in [2.45, 2.75) is 103 Å². The van der Waals surface area contributed by atoms with Crippen LogP contribution in [0.15, 0.2) is 0 Å². The number of aliphatic hydroxyl groups excluding tert-OH is 2. The van der Waals surface area contributed by atoms with Gasteiger partial charge in [0.1, 0.15) is 0 Å². The second-order valence-corrected chi connectivity index (χ2v) is 12.5. The normalized spacial score (nSPS) is 60.3. The van der Waals surface area contributed by atoms with Crippen molar-refractivity contribution in [2.75, 3.05) is 6.61 Å². The summed E-state index contributed by atoms with van der Waals surface area (Å²) in [6.07, 6.45) is 6.82. The highest BCUT2D eigenvalue weighted by Gasteiger charge is 2.70. The molecule has 3 aliphatic carbocycles. The van der Waals surface area contributed by atoms with E-state index in [-0.39, 0.29) is 41.2 Å². The Hall–Kier alpha value is -0.690. The van der Waals surface area contributed by atoms with Crippen LogP contribution in [0.2, 0.25) is 0 Å². The molecule has 2 unspecified atom stereocenters. The zero-order chi connectivity index (χ0) is 21.8. The zero-order valence-corrected chi connectivity index (χ0v) is 19.1. The number of rotatable bonds is 1. The lowest BCUT2D eigenvalue weighted by molar-refractivity contribution is -0.225. The number of carbonyl (C=O) groups is 1. The summed E-state index contributed by atoms with van der Waals surface area (Å²) in [4.78, 5) is 12.0. The van der Waals surface area contributed by atoms with E-state index in [9.17, 15) is 15.0 Å². The third-order valence-corrected chi connectivity index (χ3v) is 11.2. The molecular weight excluding hydrogens is 396 g/mol. The minimum Gasteiger partial charge on any atom is -0.432 e. The van der Waals surface area contributed by atoms with E-state index in [2.05, 4.69) is 20.8 Å². The van der Waals surface area contributed by atoms with Gasteiger partial charge in [0.25, 0.3) is 0 Å². The first-order chi connectivity index (χ1) is 14.7. The molecule has 3 saturated carbocycles. The highest BCUT2D eigenvalue weighted by atomic mass is 16.8. The largest absolute Gasteiger partial charge is 0.432 e. The second kappa shape index (κ2) is 6.46. The van der Waals surface area contributed by atoms with Crippen LogP contribution in [0, 0.1) is 39.9 Å². The summed E-state index contributed by atoms with van der Waals surface area (Å²) in [5.41, 5.74) is -0.672. The summed E-state index contributed by atoms with van der Waals surface area (Å²) in [6.45, 7) is 7.54. The highest BCUT2D eigenvalue weighted by molar-refractivity contribution is 5.74. The minimum atomic E-state index is -1.02. The molecule has 11 atom stereocenters. The standard InChI is InChI=1S/C25H38O6/c1-22(13-26)8-4-9-24(3)16(22)7-10-23(2)15-11-18(27)25-12-19(28)29-21(25)30-20(31-25)14(15)5-6-17(23)24/h14-18,20-21,26-27H,4-13H2,1-3H3/t14-,15+,16?,17?,18+,20+,21+,22+,23-,24-,25-/m0/s1. The molecule has 6 nitrogen and oxygen atoms in total. The van der Waals surface area contributed by atoms with Gasteiger partial charge in [-0.2, -0.15) is 0 Å². The lowest BCUT2D eigenvalue weighted by Gasteiger charge is -2.67. The molecule has 0 aromatic rings. The summed E-state index contributed by atoms with van der Waals surface area (Å²) < 4.78 is 17.9. The van der Waals surface area contributed by atoms with Crippen molar-refractivity contribution < 1.29 is 29.2 Å². The average molecular weight is 435 g/mol. The van der Waals surface area contributed by atoms with Gasteiger partial charge in [0.15, 0.2) is 11.9 Å². The van der Waals surface area contributed by atoms with Crippen LogP contribution in [-0.2, 0) is 19.0 Å². The molecule has 0 amide bonds. The first-order valence-corrected chi connectivity index (χ1v) is 12.5. The molecule has 2 N–H and O–H groups in total. The Morgan fingerprint density at radius 2 is 1.84 bits per heavy atom. The molecule has 0 aromatic heterocycles. The molecule has 6 fully saturated rings. The van der Waals surface area contributed by atoms with Crippen LogP contribution in [0.25, 0.3) is 0 Å². The maximum Gasteiger partial charge on any atom is 0.311 e. The van der Waals surface area contributed by atoms with Crippen molar-refractivity contribution in [1.82, 2.24) is 0 Å². The molecular formula is C25H38O6. The fourth-order valence-electron chi connectivity index (χ4n) is 9.76. The third-order valence-electron chi connectivity index (χ3n) is 11.2. The van der Waals surface area contributed by atoms with Gasteiger partial charge in [-0.05, 0) is 78.9 Å². The van der Waals surface area contributed by atoms with Crippen molar-refractivity contribution in [1.29, 1.82) is 0 Å². The van der Waals surface area contributed by atoms with E-state index in [0.717, 1.165) is 32.1 Å². The summed E-state index contributed by atoms with van der Waals surface area (Å²) in [5.74, 6) is 1.33. The molecule has 2 bridgehead atoms. The first kappa shape index (κ1) is 20.9. The van der Waals surface area contributed by atoms with Crippen LogP contribution in [0.4, 0.5) is 0 Å². The quantitative estimate of drug-likeness (QED) is 0.616. The predicted molar refractivity (Wildman–Crippen MR) is 111 cm³/mol. The van der Waals surface area contributed by atoms with E-state index >= 15 is 0 Å². The van der Waals surface area contributed by atoms with E-state index in [0.29, 0.717) is 24.2 Å². The Labute approximate surface area is 185 Å². The molecule has 6 rings (SSSR count). The van der Waals surface area contributed by atoms with Gasteiger partial charge < -0.3 is 24.4 Å². The third kappa shape index (κ3) is 2.51. The Morgan fingerprint density at radius 3 is 2.61 bits per heavy atom. The number of ether oxygens (including phenoxy) is 3. The maximum absolute atomic E-state index is 12.0. The van der Waals surface area contributed by atoms with Crippen molar-refractivity contribution >= 4 is 5.97 Å². The van der Waals surface area contributed by atoms with Crippen LogP contribution in [0.1, 0.15) is 78.6 Å². The van der Waals surface area contributed by atoms with Gasteiger partial charge in [-0.15, -0.1) is 0 Å². The van der Waals surface area contributed by atoms with Crippen LogP contribution in [0.3, 0.4) is 0 Å². The lowest BCUT2D eigenvalue weighted by Crippen LogP contribution is -2.61. The lowest BCUT2D eigenvalue weighted by atomic mass is 9.38. The van der Waals surface area contributed by atoms with Crippen molar-refractivity contribution in [3.63, 3.8) is 0 Å². The monoisotopic (exact) mass is 434 g/mol. The number of aliphatic hydroxyl groups is 2. The number of carbonyl (C=O) groups excluding carboxylic acids is 1. The Kier molecular flexibility index (Phi) is 4.35. The smallest absolute Gasteiger partial charge is 0.311 e. The van der Waals surface area contributed by atoms with Crippen molar-refractivity contribution in [3.8, 4) is 0 Å². The molecule has 3 aliphatic heterocycles. The fraction of sp³-hybridized carbons (Fsp3) is 0.960. The average Bonchev–Trinajstić information content (AvgIpc) is 3.17. The summed E-state index contributed by atoms with van der Waals surface area (Å²) in [7, 11) is 0. The number of esters is 1. The number of hydrogen-bond donors (Lipinski definition) is 2. The molecule has 31 heavy (non-hydrogen) atoms. The van der Waals surface area contributed by atoms with E-state index in [1.54, 1.807) is 0 Å². The van der Waals surface area contributed by atoms with Crippen LogP contribution in [-0.4, -0.2) is 47.1 Å². The van der Waals surface area contributed by atoms with Crippen LogP contribution in [0.5, 0.6) is 0 Å². The van der Waals surface area contributed by atoms with E-state index in [1.807, 2.05) is 0 Å². The van der Waals surface area contributed by atoms with Gasteiger partial charge >= 0.3 is 5.97 Å². The second-order valence-electron chi connectivity index (χ2n) is 12.5. The van der Waals surface area contributed by atoms with Gasteiger partial charge in [0.2, 0.25) is 6.29 Å². The molecule has 3 heterocycles. The minimum absolute atomic E-state index is 0.0210. The Bertz CT molecular complexity index is 786. The SMILES string of the molecule is C[C@]1(CO)CCC[C@@]2(C)C1CC[C@]1(C)C2CC[C@@H]2[C@@H]3O[C@H]4OC(=O)C[C@]4(O3)[C@H](O)C[C@H]21. The summed E-state index contributed by atoms with van der Waals surface area (Å²) >= 11 is 0. The molecule has 1 spiro atoms. The zero-order valence-electron chi connectivity index (χ0n) is 19.1. The van der Waals surface area contributed by atoms with Crippen molar-refractivity contribution in [3.05, 3.63) is 0 Å². The van der Waals surface area contributed by atoms with Gasteiger partial charge in [-0.1, -0.05) is 27.2 Å². The summed E-state index contributed by atoms with van der Waals surface area (Å²) in [6, 6.07) is 0. The van der Waals surface area contributed by atoms with Crippen LogP contribution >= 0.6 is 0 Å². The first-order valence-electron chi connectivity index (χ1n) is 12.5. The summed E-state index contributed by atoms with van der Waals surface area (Å²) in [5, 5.41) is 21.6. The molecule has 6 aliphatic rings. The van der Waals surface area contributed by atoms with Crippen LogP contribution < -0.4 is 0 Å². The van der Waals surface area contributed by atoms with Gasteiger partial charge in [-0.25, -0.2) is 0 Å². The molecule has 6 heteroatoms. The predicted octanol–water partition coefficient (Wildman–Crippen LogP) is 3.38. The molecule has 3 saturated heterocycles. The maximum atomic E-state index is 12.0. The topological polar surface area (TPSA) is 85.2 Å². The Morgan fingerprint density at radius 1 is 1.03 bits per heavy atom. The fourth-order valence-corrected chi connectivity index (χ4v) is 9.76. The van der Waals surface area contributed by atoms with Gasteiger partial charge in [0, 0.05) is 12.5 Å². The van der Waals surface area contributed by atoms with E-state index < -0.39 is 24.3 Å². The highest BCUT2D eigenvalue weighted by Crippen LogP contribution is 2.71. The number of hydrogen-bond acceptors (Lipinski definition) is 6. The van der Waals surface area contributed by atoms with E-state index in [4.69, 9.17) is 14.2 Å². The molecule has 0 radical (unpaired) electrons. The number of fused-ring (bicyclic) bond motifs is 7. The van der Waals surface area contributed by atoms with E-state index in [1.165, 1.54) is 12.8 Å². The molecule has 174 valence electrons.